The number of nitrogens with two attached hydrogens (primary N) is 1. The second-order valence-corrected chi connectivity index (χ2v) is 7.93. The molecule has 0 saturated heterocycles. The van der Waals surface area contributed by atoms with Crippen molar-refractivity contribution in [1.82, 2.24) is 10.1 Å². The number of nitrogens with one attached hydrogen (secondary N) is 1. The van der Waals surface area contributed by atoms with Crippen LogP contribution in [0.2, 0.25) is 0 Å². The van der Waals surface area contributed by atoms with Gasteiger partial charge in [0.05, 0.1) is 12.4 Å². The molecule has 1 heterocycles. The molecule has 1 atom stereocenters. The highest BCUT2D eigenvalue weighted by molar-refractivity contribution is 5.73. The highest BCUT2D eigenvalue weighted by Crippen LogP contribution is 2.27. The summed E-state index contributed by atoms with van der Waals surface area (Å²) in [4.78, 5) is 4.56. The lowest BCUT2D eigenvalue weighted by Crippen LogP contribution is -2.00. The van der Waals surface area contributed by atoms with Crippen molar-refractivity contribution in [3.63, 3.8) is 0 Å². The molecule has 0 fully saturated rings. The van der Waals surface area contributed by atoms with E-state index in [4.69, 9.17) is 20.4 Å². The maximum absolute atomic E-state index is 6.28. The summed E-state index contributed by atoms with van der Waals surface area (Å²) in [6.45, 7) is 10.9. The van der Waals surface area contributed by atoms with E-state index in [1.54, 1.807) is 0 Å². The summed E-state index contributed by atoms with van der Waals surface area (Å²) >= 11 is 0. The number of aryl methyl sites for hydroxylation is 1. The smallest absolute Gasteiger partial charge is 0.229 e. The molecule has 30 heavy (non-hydrogen) atoms. The molecule has 0 aliphatic heterocycles. The number of amidine groups is 1. The number of hydrogen-bond acceptors (Lipinski definition) is 5. The quantitative estimate of drug-likeness (QED) is 0.230. The van der Waals surface area contributed by atoms with Gasteiger partial charge in [0.15, 0.2) is 0 Å². The average Bonchev–Trinajstić information content (AvgIpc) is 3.18. The molecule has 0 amide bonds. The average molecular weight is 417 g/mol. The fourth-order valence-corrected chi connectivity index (χ4v) is 3.12. The summed E-state index contributed by atoms with van der Waals surface area (Å²) in [7, 11) is 0. The predicted octanol–water partition coefficient (Wildman–Crippen LogP) is 6.63. The Kier molecular flexibility index (Phi) is 12.5. The maximum Gasteiger partial charge on any atom is 0.229 e. The summed E-state index contributed by atoms with van der Waals surface area (Å²) in [5.41, 5.74) is 6.79. The number of nitrogens with zero attached hydrogens (tertiary/aromatic N) is 2. The van der Waals surface area contributed by atoms with Crippen molar-refractivity contribution < 1.29 is 9.26 Å². The van der Waals surface area contributed by atoms with Crippen LogP contribution in [0.25, 0.3) is 11.4 Å². The molecule has 2 aromatic rings. The van der Waals surface area contributed by atoms with Gasteiger partial charge in [-0.05, 0) is 50.5 Å². The van der Waals surface area contributed by atoms with Crippen LogP contribution in [0.5, 0.6) is 5.75 Å². The third kappa shape index (κ3) is 9.90. The van der Waals surface area contributed by atoms with Crippen molar-refractivity contribution in [2.45, 2.75) is 91.9 Å². The lowest BCUT2D eigenvalue weighted by Gasteiger charge is -2.10. The lowest BCUT2D eigenvalue weighted by atomic mass is 10.1. The molecule has 168 valence electrons. The van der Waals surface area contributed by atoms with Crippen molar-refractivity contribution >= 4 is 5.84 Å². The zero-order chi connectivity index (χ0) is 22.4. The minimum Gasteiger partial charge on any atom is -0.493 e. The van der Waals surface area contributed by atoms with Crippen molar-refractivity contribution in [3.8, 4) is 17.1 Å². The fourth-order valence-electron chi connectivity index (χ4n) is 3.12. The van der Waals surface area contributed by atoms with E-state index in [1.807, 2.05) is 12.1 Å². The highest BCUT2D eigenvalue weighted by atomic mass is 16.5. The van der Waals surface area contributed by atoms with Crippen LogP contribution in [-0.2, 0) is 0 Å². The van der Waals surface area contributed by atoms with E-state index in [0.29, 0.717) is 11.7 Å². The Balaban J connectivity index is 0.00000103. The normalized spacial score (nSPS) is 11.5. The number of benzene rings is 1. The topological polar surface area (TPSA) is 98.0 Å². The van der Waals surface area contributed by atoms with Gasteiger partial charge in [0.25, 0.3) is 0 Å². The van der Waals surface area contributed by atoms with Gasteiger partial charge in [-0.2, -0.15) is 4.98 Å². The van der Waals surface area contributed by atoms with Gasteiger partial charge >= 0.3 is 0 Å². The molecule has 0 unspecified atom stereocenters. The number of hydrogen-bond donors (Lipinski definition) is 2. The summed E-state index contributed by atoms with van der Waals surface area (Å²) in [5, 5.41) is 10.4. The third-order valence-corrected chi connectivity index (χ3v) is 4.77. The first kappa shape index (κ1) is 25.7. The zero-order valence-electron chi connectivity index (χ0n) is 19.5. The van der Waals surface area contributed by atoms with Crippen LogP contribution in [0, 0.1) is 12.3 Å². The van der Waals surface area contributed by atoms with Crippen molar-refractivity contribution in [2.75, 3.05) is 6.61 Å². The molecule has 6 nitrogen and oxygen atoms in total. The van der Waals surface area contributed by atoms with Gasteiger partial charge in [0.2, 0.25) is 11.7 Å². The molecular formula is C24H40N4O2. The molecule has 0 aliphatic carbocycles. The van der Waals surface area contributed by atoms with Crippen LogP contribution in [0.4, 0.5) is 0 Å². The molecule has 6 heteroatoms. The Hall–Kier alpha value is -2.37. The summed E-state index contributed by atoms with van der Waals surface area (Å²) in [6, 6.07) is 6.12. The minimum absolute atomic E-state index is 0.167. The molecule has 0 aliphatic rings. The van der Waals surface area contributed by atoms with Crippen LogP contribution in [0.1, 0.15) is 96.4 Å². The van der Waals surface area contributed by atoms with Gasteiger partial charge in [-0.3, -0.25) is 5.41 Å². The lowest BCUT2D eigenvalue weighted by molar-refractivity contribution is 0.302. The Morgan fingerprint density at radius 3 is 2.43 bits per heavy atom. The zero-order valence-corrected chi connectivity index (χ0v) is 19.5. The fraction of sp³-hybridized carbons (Fsp3) is 0.625. The van der Waals surface area contributed by atoms with Crippen molar-refractivity contribution in [1.29, 1.82) is 5.41 Å². The second-order valence-electron chi connectivity index (χ2n) is 7.93. The number of aromatic nitrogens is 2. The predicted molar refractivity (Wildman–Crippen MR) is 124 cm³/mol. The largest absolute Gasteiger partial charge is 0.493 e. The summed E-state index contributed by atoms with van der Waals surface area (Å²) in [6.07, 6.45) is 9.83. The Labute approximate surface area is 182 Å². The van der Waals surface area contributed by atoms with E-state index in [0.717, 1.165) is 48.6 Å². The minimum atomic E-state index is 0.167. The summed E-state index contributed by atoms with van der Waals surface area (Å²) in [5.74, 6) is 2.81. The van der Waals surface area contributed by atoms with E-state index in [1.165, 1.54) is 39.0 Å². The maximum atomic E-state index is 6.28. The number of unbranched alkanes of at least 4 members (excludes halogenated alkanes) is 5. The summed E-state index contributed by atoms with van der Waals surface area (Å²) < 4.78 is 11.4. The van der Waals surface area contributed by atoms with E-state index < -0.39 is 0 Å². The first-order chi connectivity index (χ1) is 14.4. The molecule has 1 aromatic heterocycles. The Bertz CT molecular complexity index is 739. The van der Waals surface area contributed by atoms with Gasteiger partial charge in [0, 0.05) is 11.5 Å². The third-order valence-electron chi connectivity index (χ3n) is 4.77. The van der Waals surface area contributed by atoms with Crippen LogP contribution < -0.4 is 10.5 Å². The van der Waals surface area contributed by atoms with Crippen LogP contribution >= 0.6 is 0 Å². The number of rotatable bonds is 12. The standard InChI is InChI=1S/C22H34N2O2.C2H6N2/c1-5-7-8-9-10-11-15-25-20-14-13-19(16-18(20)4)21-23-22(26-24-21)17(3)12-6-2;1-2(3)4/h13-14,16-17H,5-12,15H2,1-4H3;1H3,(H3,3,4)/t17-;/m0./s1. The molecule has 0 radical (unpaired) electrons. The molecule has 0 saturated carbocycles. The van der Waals surface area contributed by atoms with Gasteiger partial charge < -0.3 is 15.0 Å². The molecular weight excluding hydrogens is 376 g/mol. The van der Waals surface area contributed by atoms with E-state index in [-0.39, 0.29) is 5.84 Å². The van der Waals surface area contributed by atoms with E-state index in [2.05, 4.69) is 43.9 Å². The molecule has 0 spiro atoms. The van der Waals surface area contributed by atoms with Gasteiger partial charge in [0.1, 0.15) is 5.75 Å². The molecule has 3 N–H and O–H groups in total. The van der Waals surface area contributed by atoms with Gasteiger partial charge in [-0.15, -0.1) is 0 Å². The van der Waals surface area contributed by atoms with Crippen LogP contribution in [0.3, 0.4) is 0 Å². The van der Waals surface area contributed by atoms with Crippen LogP contribution in [0.15, 0.2) is 22.7 Å². The number of ether oxygens (including phenoxy) is 1. The molecule has 2 rings (SSSR count). The molecule has 0 bridgehead atoms. The highest BCUT2D eigenvalue weighted by Gasteiger charge is 2.15. The van der Waals surface area contributed by atoms with E-state index in [9.17, 15) is 0 Å². The SMILES string of the molecule is CC(=N)N.CCCCCCCCOc1ccc(-c2noc([C@@H](C)CCC)n2)cc1C. The second kappa shape index (κ2) is 14.6. The van der Waals surface area contributed by atoms with Crippen LogP contribution in [-0.4, -0.2) is 22.6 Å². The van der Waals surface area contributed by atoms with Crippen molar-refractivity contribution in [2.24, 2.45) is 5.73 Å². The van der Waals surface area contributed by atoms with E-state index >= 15 is 0 Å². The first-order valence-corrected chi connectivity index (χ1v) is 11.3. The Morgan fingerprint density at radius 2 is 1.80 bits per heavy atom. The van der Waals surface area contributed by atoms with Gasteiger partial charge in [-0.25, -0.2) is 0 Å². The monoisotopic (exact) mass is 416 g/mol. The van der Waals surface area contributed by atoms with Crippen molar-refractivity contribution in [3.05, 3.63) is 29.7 Å². The molecule has 1 aromatic carbocycles. The Morgan fingerprint density at radius 1 is 1.13 bits per heavy atom. The van der Waals surface area contributed by atoms with Gasteiger partial charge in [-0.1, -0.05) is 64.5 Å². The first-order valence-electron chi connectivity index (χ1n) is 11.3.